The molecule has 1 N–H and O–H groups in total. The zero-order chi connectivity index (χ0) is 18.5. The van der Waals surface area contributed by atoms with Crippen molar-refractivity contribution in [3.63, 3.8) is 0 Å². The predicted molar refractivity (Wildman–Crippen MR) is 104 cm³/mol. The number of anilines is 1. The largest absolute Gasteiger partial charge is 0.342 e. The van der Waals surface area contributed by atoms with E-state index in [-0.39, 0.29) is 5.91 Å². The number of para-hydroxylation sites is 2. The van der Waals surface area contributed by atoms with E-state index in [0.29, 0.717) is 23.4 Å². The summed E-state index contributed by atoms with van der Waals surface area (Å²) in [5, 5.41) is 6.62. The monoisotopic (exact) mass is 364 g/mol. The Balaban J connectivity index is 1.37. The molecule has 7 nitrogen and oxygen atoms in total. The van der Waals surface area contributed by atoms with Crippen molar-refractivity contribution in [1.29, 1.82) is 0 Å². The van der Waals surface area contributed by atoms with Crippen molar-refractivity contribution < 1.29 is 4.79 Å². The lowest BCUT2D eigenvalue weighted by Gasteiger charge is -2.24. The predicted octanol–water partition coefficient (Wildman–Crippen LogP) is 2.55. The van der Waals surface area contributed by atoms with Gasteiger partial charge in [0.25, 0.3) is 5.91 Å². The molecule has 1 amide bonds. The Bertz CT molecular complexity index is 962. The van der Waals surface area contributed by atoms with Gasteiger partial charge in [-0.1, -0.05) is 12.1 Å². The second kappa shape index (κ2) is 6.11. The number of hydrogen-bond acceptors (Lipinski definition) is 4. The molecule has 5 rings (SSSR count). The third kappa shape index (κ3) is 2.60. The summed E-state index contributed by atoms with van der Waals surface area (Å²) >= 11 is 0. The number of carbonyl (C=O) groups is 1. The molecule has 27 heavy (non-hydrogen) atoms. The van der Waals surface area contributed by atoms with Crippen LogP contribution in [0, 0.1) is 11.8 Å². The molecule has 0 aliphatic carbocycles. The first kappa shape index (κ1) is 16.4. The normalized spacial score (nSPS) is 22.2. The number of likely N-dealkylation sites (tertiary alicyclic amines) is 1. The minimum atomic E-state index is 0.0825. The van der Waals surface area contributed by atoms with Gasteiger partial charge in [0.1, 0.15) is 0 Å². The molecule has 2 atom stereocenters. The summed E-state index contributed by atoms with van der Waals surface area (Å²) in [6, 6.07) is 8.70. The minimum Gasteiger partial charge on any atom is -0.342 e. The molecule has 2 aliphatic heterocycles. The summed E-state index contributed by atoms with van der Waals surface area (Å²) in [5.74, 6) is 2.15. The van der Waals surface area contributed by atoms with Crippen molar-refractivity contribution in [3.8, 4) is 0 Å². The minimum absolute atomic E-state index is 0.0825. The molecule has 2 unspecified atom stereocenters. The van der Waals surface area contributed by atoms with Crippen LogP contribution >= 0.6 is 0 Å². The summed E-state index contributed by atoms with van der Waals surface area (Å²) in [4.78, 5) is 21.9. The van der Waals surface area contributed by atoms with E-state index in [9.17, 15) is 4.79 Å². The van der Waals surface area contributed by atoms with Gasteiger partial charge >= 0.3 is 0 Å². The fraction of sp³-hybridized carbons (Fsp3) is 0.450. The number of imidazole rings is 1. The summed E-state index contributed by atoms with van der Waals surface area (Å²) < 4.78 is 2.34. The number of fused-ring (bicyclic) bond motifs is 2. The third-order valence-corrected chi connectivity index (χ3v) is 5.90. The molecule has 3 aromatic rings. The van der Waals surface area contributed by atoms with Gasteiger partial charge < -0.3 is 14.4 Å². The quantitative estimate of drug-likeness (QED) is 0.775. The van der Waals surface area contributed by atoms with Crippen LogP contribution in [0.1, 0.15) is 30.2 Å². The van der Waals surface area contributed by atoms with Gasteiger partial charge in [0.05, 0.1) is 22.8 Å². The first-order chi connectivity index (χ1) is 13.1. The van der Waals surface area contributed by atoms with E-state index in [0.717, 1.165) is 37.6 Å². The molecule has 2 fully saturated rings. The van der Waals surface area contributed by atoms with Crippen molar-refractivity contribution in [1.82, 2.24) is 24.6 Å². The maximum Gasteiger partial charge on any atom is 0.257 e. The zero-order valence-corrected chi connectivity index (χ0v) is 15.7. The number of carbonyl (C=O) groups excluding carboxylic acids is 1. The third-order valence-electron chi connectivity index (χ3n) is 5.90. The molecular weight excluding hydrogens is 340 g/mol. The molecule has 4 heterocycles. The van der Waals surface area contributed by atoms with Crippen LogP contribution in [0.25, 0.3) is 11.0 Å². The SMILES string of the molecule is CC(C)n1c(N2CC3CN(C(=O)c4cn[nH]c4)CC3C2)nc2ccccc21. The van der Waals surface area contributed by atoms with Crippen LogP contribution in [0.15, 0.2) is 36.7 Å². The molecular formula is C20H24N6O. The number of amides is 1. The van der Waals surface area contributed by atoms with Gasteiger partial charge in [-0.05, 0) is 26.0 Å². The highest BCUT2D eigenvalue weighted by molar-refractivity contribution is 5.94. The van der Waals surface area contributed by atoms with Gasteiger partial charge in [-0.3, -0.25) is 9.89 Å². The summed E-state index contributed by atoms with van der Waals surface area (Å²) in [6.07, 6.45) is 3.28. The molecule has 0 bridgehead atoms. The van der Waals surface area contributed by atoms with E-state index >= 15 is 0 Å². The number of aromatic amines is 1. The van der Waals surface area contributed by atoms with E-state index < -0.39 is 0 Å². The molecule has 7 heteroatoms. The van der Waals surface area contributed by atoms with Gasteiger partial charge in [0, 0.05) is 50.3 Å². The summed E-state index contributed by atoms with van der Waals surface area (Å²) in [7, 11) is 0. The van der Waals surface area contributed by atoms with Crippen molar-refractivity contribution >= 4 is 22.9 Å². The number of H-pyrrole nitrogens is 1. The van der Waals surface area contributed by atoms with Gasteiger partial charge in [0.15, 0.2) is 0 Å². The molecule has 1 aromatic carbocycles. The molecule has 2 aliphatic rings. The van der Waals surface area contributed by atoms with E-state index in [1.807, 2.05) is 11.0 Å². The Morgan fingerprint density at radius 3 is 2.56 bits per heavy atom. The molecule has 0 spiro atoms. The first-order valence-corrected chi connectivity index (χ1v) is 9.62. The van der Waals surface area contributed by atoms with Gasteiger partial charge in [-0.15, -0.1) is 0 Å². The van der Waals surface area contributed by atoms with Crippen molar-refractivity contribution in [2.45, 2.75) is 19.9 Å². The van der Waals surface area contributed by atoms with Gasteiger partial charge in [-0.25, -0.2) is 4.98 Å². The fourth-order valence-electron chi connectivity index (χ4n) is 4.64. The van der Waals surface area contributed by atoms with E-state index in [4.69, 9.17) is 4.98 Å². The van der Waals surface area contributed by atoms with Crippen LogP contribution in [0.2, 0.25) is 0 Å². The molecule has 2 saturated heterocycles. The van der Waals surface area contributed by atoms with Crippen LogP contribution in [0.5, 0.6) is 0 Å². The van der Waals surface area contributed by atoms with E-state index in [1.165, 1.54) is 5.52 Å². The number of hydrogen-bond donors (Lipinski definition) is 1. The number of rotatable bonds is 3. The van der Waals surface area contributed by atoms with Crippen LogP contribution < -0.4 is 4.90 Å². The zero-order valence-electron chi connectivity index (χ0n) is 15.7. The number of nitrogens with one attached hydrogen (secondary N) is 1. The Labute approximate surface area is 158 Å². The maximum atomic E-state index is 12.6. The lowest BCUT2D eigenvalue weighted by molar-refractivity contribution is 0.0782. The van der Waals surface area contributed by atoms with E-state index in [1.54, 1.807) is 12.4 Å². The number of nitrogens with zero attached hydrogens (tertiary/aromatic N) is 5. The molecule has 0 saturated carbocycles. The standard InChI is InChI=1S/C20H24N6O/c1-13(2)26-18-6-4-3-5-17(18)23-20(26)25-11-15-9-24(10-16(15)12-25)19(27)14-7-21-22-8-14/h3-8,13,15-16H,9-12H2,1-2H3,(H,21,22). The van der Waals surface area contributed by atoms with Crippen molar-refractivity contribution in [2.24, 2.45) is 11.8 Å². The highest BCUT2D eigenvalue weighted by Gasteiger charge is 2.43. The summed E-state index contributed by atoms with van der Waals surface area (Å²) in [6.45, 7) is 7.95. The lowest BCUT2D eigenvalue weighted by atomic mass is 10.0. The van der Waals surface area contributed by atoms with Gasteiger partial charge in [0.2, 0.25) is 5.95 Å². The number of benzene rings is 1. The maximum absolute atomic E-state index is 12.6. The second-order valence-electron chi connectivity index (χ2n) is 7.99. The first-order valence-electron chi connectivity index (χ1n) is 9.62. The topological polar surface area (TPSA) is 70.1 Å². The van der Waals surface area contributed by atoms with Crippen LogP contribution in [-0.2, 0) is 0 Å². The average Bonchev–Trinajstić information content (AvgIpc) is 3.41. The molecule has 0 radical (unpaired) electrons. The Hall–Kier alpha value is -2.83. The smallest absolute Gasteiger partial charge is 0.257 e. The molecule has 2 aromatic heterocycles. The highest BCUT2D eigenvalue weighted by atomic mass is 16.2. The highest BCUT2D eigenvalue weighted by Crippen LogP contribution is 2.36. The van der Waals surface area contributed by atoms with Crippen LogP contribution in [0.3, 0.4) is 0 Å². The Morgan fingerprint density at radius 1 is 1.15 bits per heavy atom. The summed E-state index contributed by atoms with van der Waals surface area (Å²) in [5.41, 5.74) is 2.89. The Kier molecular flexibility index (Phi) is 3.70. The van der Waals surface area contributed by atoms with Gasteiger partial charge in [-0.2, -0.15) is 5.10 Å². The number of aromatic nitrogens is 4. The Morgan fingerprint density at radius 2 is 1.89 bits per heavy atom. The average molecular weight is 364 g/mol. The lowest BCUT2D eigenvalue weighted by Crippen LogP contribution is -2.34. The van der Waals surface area contributed by atoms with Crippen LogP contribution in [0.4, 0.5) is 5.95 Å². The van der Waals surface area contributed by atoms with E-state index in [2.05, 4.69) is 51.7 Å². The second-order valence-corrected chi connectivity index (χ2v) is 7.99. The van der Waals surface area contributed by atoms with Crippen molar-refractivity contribution in [3.05, 3.63) is 42.2 Å². The van der Waals surface area contributed by atoms with Crippen LogP contribution in [-0.4, -0.2) is 56.7 Å². The van der Waals surface area contributed by atoms with Crippen molar-refractivity contribution in [2.75, 3.05) is 31.1 Å². The fourth-order valence-corrected chi connectivity index (χ4v) is 4.64. The molecule has 140 valence electrons.